The fraction of sp³-hybridized carbons (Fsp3) is 0.412. The van der Waals surface area contributed by atoms with Gasteiger partial charge < -0.3 is 24.4 Å². The zero-order valence-electron chi connectivity index (χ0n) is 26.4. The number of hydroxylamine groups is 2. The second-order valence-electron chi connectivity index (χ2n) is 12.7. The minimum absolute atomic E-state index is 0.0000340. The van der Waals surface area contributed by atoms with Gasteiger partial charge in [0.1, 0.15) is 5.60 Å². The number of nitrogens with one attached hydrogen (secondary N) is 1. The van der Waals surface area contributed by atoms with Gasteiger partial charge in [-0.15, -0.1) is 0 Å². The van der Waals surface area contributed by atoms with Gasteiger partial charge in [-0.25, -0.2) is 4.79 Å². The number of alkyl carbamates (subject to hydrolysis) is 1. The third-order valence-electron chi connectivity index (χ3n) is 7.24. The van der Waals surface area contributed by atoms with Gasteiger partial charge in [0, 0.05) is 6.54 Å². The number of nitrogens with zero attached hydrogens (tertiary/aromatic N) is 1. The Bertz CT molecular complexity index is 1250. The van der Waals surface area contributed by atoms with Crippen molar-refractivity contribution in [3.63, 3.8) is 0 Å². The number of hydrogen-bond acceptors (Lipinski definition) is 7. The molecule has 9 heteroatoms. The Morgan fingerprint density at radius 3 is 1.77 bits per heavy atom. The summed E-state index contributed by atoms with van der Waals surface area (Å²) in [7, 11) is -1.72. The highest BCUT2D eigenvalue weighted by Crippen LogP contribution is 2.37. The molecular weight excluding hydrogens is 560 g/mol. The molecule has 0 heterocycles. The molecule has 0 unspecified atom stereocenters. The average molecular weight is 607 g/mol. The summed E-state index contributed by atoms with van der Waals surface area (Å²) in [6, 6.07) is 28.0. The number of methoxy groups -OCH3 is 1. The van der Waals surface area contributed by atoms with Gasteiger partial charge in [0.05, 0.1) is 32.2 Å². The van der Waals surface area contributed by atoms with Crippen LogP contribution >= 0.6 is 0 Å². The van der Waals surface area contributed by atoms with E-state index in [1.807, 2.05) is 66.7 Å². The van der Waals surface area contributed by atoms with Gasteiger partial charge in [0.15, 0.2) is 0 Å². The molecule has 0 fully saturated rings. The monoisotopic (exact) mass is 606 g/mol. The van der Waals surface area contributed by atoms with Crippen molar-refractivity contribution in [2.75, 3.05) is 13.7 Å². The van der Waals surface area contributed by atoms with Crippen LogP contribution in [0.4, 0.5) is 4.79 Å². The molecule has 3 rings (SSSR count). The lowest BCUT2D eigenvalue weighted by molar-refractivity contribution is -0.164. The molecule has 2 N–H and O–H groups in total. The van der Waals surface area contributed by atoms with Gasteiger partial charge in [0.2, 0.25) is 0 Å². The smallest absolute Gasteiger partial charge is 0.408 e. The first-order chi connectivity index (χ1) is 20.3. The van der Waals surface area contributed by atoms with Crippen molar-refractivity contribution in [3.05, 3.63) is 96.6 Å². The van der Waals surface area contributed by atoms with Gasteiger partial charge in [-0.2, -0.15) is 5.06 Å². The van der Waals surface area contributed by atoms with E-state index in [2.05, 4.69) is 50.4 Å². The van der Waals surface area contributed by atoms with Crippen LogP contribution in [0.1, 0.15) is 53.5 Å². The Labute approximate surface area is 257 Å². The van der Waals surface area contributed by atoms with Crippen LogP contribution in [0.3, 0.4) is 0 Å². The molecule has 0 aliphatic rings. The van der Waals surface area contributed by atoms with E-state index in [1.54, 1.807) is 20.8 Å². The molecule has 232 valence electrons. The minimum Gasteiger partial charge on any atom is -0.469 e. The molecule has 8 nitrogen and oxygen atoms in total. The highest BCUT2D eigenvalue weighted by Gasteiger charge is 2.51. The molecule has 3 aromatic carbocycles. The standard InChI is InChI=1S/C34H46N2O6Si/c1-33(2,3)42-32(38)35-29(30(23-31(37)40-7)36(39)24-26-17-11-8-12-18-26)25-41-43(34(4,5)6,27-19-13-9-14-20-27)28-21-15-10-16-22-28/h8-22,29-30,39H,23-25H2,1-7H3,(H,35,38)/t29-,30+/m0/s1. The SMILES string of the molecule is COC(=O)C[C@H]([C@H](CO[Si](c1ccccc1)(c1ccccc1)C(C)(C)C)NC(=O)OC(C)(C)C)N(O)Cc1ccccc1. The van der Waals surface area contributed by atoms with Crippen molar-refractivity contribution < 1.29 is 28.7 Å². The topological polar surface area (TPSA) is 97.3 Å². The summed E-state index contributed by atoms with van der Waals surface area (Å²) in [6.07, 6.45) is -0.865. The number of hydrogen-bond donors (Lipinski definition) is 2. The molecule has 0 aliphatic carbocycles. The van der Waals surface area contributed by atoms with E-state index in [4.69, 9.17) is 13.9 Å². The Balaban J connectivity index is 2.10. The van der Waals surface area contributed by atoms with Crippen LogP contribution < -0.4 is 15.7 Å². The number of carbonyl (C=O) groups is 2. The lowest BCUT2D eigenvalue weighted by Crippen LogP contribution is -2.68. The summed E-state index contributed by atoms with van der Waals surface area (Å²) in [5, 5.41) is 17.2. The molecule has 43 heavy (non-hydrogen) atoms. The fourth-order valence-electron chi connectivity index (χ4n) is 5.28. The molecule has 0 spiro atoms. The van der Waals surface area contributed by atoms with Crippen molar-refractivity contribution in [2.45, 2.75) is 77.2 Å². The second kappa shape index (κ2) is 14.8. The molecule has 0 radical (unpaired) electrons. The van der Waals surface area contributed by atoms with E-state index in [0.717, 1.165) is 21.0 Å². The first-order valence-electron chi connectivity index (χ1n) is 14.6. The maximum absolute atomic E-state index is 13.2. The number of benzene rings is 3. The molecule has 2 atom stereocenters. The van der Waals surface area contributed by atoms with E-state index in [-0.39, 0.29) is 24.6 Å². The number of carbonyl (C=O) groups excluding carboxylic acids is 2. The van der Waals surface area contributed by atoms with Gasteiger partial charge in [0.25, 0.3) is 8.32 Å². The maximum Gasteiger partial charge on any atom is 0.408 e. The van der Waals surface area contributed by atoms with E-state index in [0.29, 0.717) is 0 Å². The van der Waals surface area contributed by atoms with Gasteiger partial charge in [-0.1, -0.05) is 112 Å². The van der Waals surface area contributed by atoms with E-state index < -0.39 is 38.1 Å². The van der Waals surface area contributed by atoms with Gasteiger partial charge >= 0.3 is 12.1 Å². The lowest BCUT2D eigenvalue weighted by Gasteiger charge is -2.44. The van der Waals surface area contributed by atoms with Crippen molar-refractivity contribution >= 4 is 30.8 Å². The summed E-state index contributed by atoms with van der Waals surface area (Å²) >= 11 is 0. The Morgan fingerprint density at radius 1 is 0.837 bits per heavy atom. The highest BCUT2D eigenvalue weighted by atomic mass is 28.4. The third kappa shape index (κ3) is 9.24. The van der Waals surface area contributed by atoms with Crippen LogP contribution in [0.2, 0.25) is 5.04 Å². The Kier molecular flexibility index (Phi) is 11.7. The number of ether oxygens (including phenoxy) is 2. The van der Waals surface area contributed by atoms with E-state index in [1.165, 1.54) is 7.11 Å². The minimum atomic E-state index is -3.02. The predicted molar refractivity (Wildman–Crippen MR) is 171 cm³/mol. The summed E-state index contributed by atoms with van der Waals surface area (Å²) < 4.78 is 17.7. The molecule has 0 aromatic heterocycles. The van der Waals surface area contributed by atoms with Crippen molar-refractivity contribution in [2.24, 2.45) is 0 Å². The van der Waals surface area contributed by atoms with E-state index >= 15 is 0 Å². The zero-order chi connectivity index (χ0) is 31.7. The average Bonchev–Trinajstić information content (AvgIpc) is 2.95. The quantitative estimate of drug-likeness (QED) is 0.165. The van der Waals surface area contributed by atoms with Crippen LogP contribution in [0.15, 0.2) is 91.0 Å². The molecular formula is C34H46N2O6Si. The van der Waals surface area contributed by atoms with Crippen LogP contribution in [0.5, 0.6) is 0 Å². The van der Waals surface area contributed by atoms with Crippen LogP contribution in [-0.4, -0.2) is 62.1 Å². The number of amides is 1. The number of esters is 1. The highest BCUT2D eigenvalue weighted by molar-refractivity contribution is 6.99. The predicted octanol–water partition coefficient (Wildman–Crippen LogP) is 5.28. The summed E-state index contributed by atoms with van der Waals surface area (Å²) in [6.45, 7) is 11.9. The first kappa shape index (κ1) is 34.0. The van der Waals surface area contributed by atoms with Gasteiger partial charge in [-0.05, 0) is 41.7 Å². The maximum atomic E-state index is 13.2. The molecule has 0 saturated carbocycles. The summed E-state index contributed by atoms with van der Waals surface area (Å²) in [5.74, 6) is -0.529. The van der Waals surface area contributed by atoms with Crippen molar-refractivity contribution in [1.29, 1.82) is 0 Å². The first-order valence-corrected chi connectivity index (χ1v) is 16.5. The number of rotatable bonds is 12. The fourth-order valence-corrected chi connectivity index (χ4v) is 9.87. The van der Waals surface area contributed by atoms with Crippen LogP contribution in [-0.2, 0) is 25.2 Å². The summed E-state index contributed by atoms with van der Waals surface area (Å²) in [5.41, 5.74) is 0.0812. The molecule has 0 saturated heterocycles. The second-order valence-corrected chi connectivity index (χ2v) is 17.0. The lowest BCUT2D eigenvalue weighted by atomic mass is 10.0. The molecule has 0 bridgehead atoms. The third-order valence-corrected chi connectivity index (χ3v) is 12.2. The normalized spacial score (nSPS) is 13.7. The largest absolute Gasteiger partial charge is 0.469 e. The Morgan fingerprint density at radius 2 is 1.33 bits per heavy atom. The molecule has 0 aliphatic heterocycles. The Hall–Kier alpha value is -3.50. The molecule has 1 amide bonds. The van der Waals surface area contributed by atoms with Crippen molar-refractivity contribution in [1.82, 2.24) is 10.4 Å². The van der Waals surface area contributed by atoms with E-state index in [9.17, 15) is 14.8 Å². The molecule has 3 aromatic rings. The summed E-state index contributed by atoms with van der Waals surface area (Å²) in [4.78, 5) is 25.8. The van der Waals surface area contributed by atoms with Gasteiger partial charge in [-0.3, -0.25) is 4.79 Å². The van der Waals surface area contributed by atoms with Crippen LogP contribution in [0, 0.1) is 0 Å². The van der Waals surface area contributed by atoms with Crippen LogP contribution in [0.25, 0.3) is 0 Å². The zero-order valence-corrected chi connectivity index (χ0v) is 27.4. The van der Waals surface area contributed by atoms with Crippen molar-refractivity contribution in [3.8, 4) is 0 Å².